The molecule has 0 spiro atoms. The van der Waals surface area contributed by atoms with Crippen LogP contribution in [0, 0.1) is 11.6 Å². The molecule has 1 heterocycles. The summed E-state index contributed by atoms with van der Waals surface area (Å²) < 4.78 is 34.1. The molecule has 1 amide bonds. The van der Waals surface area contributed by atoms with Crippen LogP contribution in [0.1, 0.15) is 10.4 Å². The number of hydrogen-bond acceptors (Lipinski definition) is 3. The number of methoxy groups -OCH3 is 1. The summed E-state index contributed by atoms with van der Waals surface area (Å²) >= 11 is 1.05. The van der Waals surface area contributed by atoms with Crippen molar-refractivity contribution < 1.29 is 18.3 Å². The van der Waals surface area contributed by atoms with Gasteiger partial charge in [-0.2, -0.15) is 4.99 Å². The van der Waals surface area contributed by atoms with Gasteiger partial charge >= 0.3 is 0 Å². The molecule has 0 saturated heterocycles. The summed E-state index contributed by atoms with van der Waals surface area (Å²) in [5, 5.41) is 0. The Hall–Kier alpha value is -2.54. The summed E-state index contributed by atoms with van der Waals surface area (Å²) in [5.74, 6) is -1.29. The van der Waals surface area contributed by atoms with E-state index >= 15 is 0 Å². The second kappa shape index (κ2) is 5.92. The first-order valence-corrected chi connectivity index (χ1v) is 7.49. The number of carbonyl (C=O) groups excluding carboxylic acids is 1. The van der Waals surface area contributed by atoms with Crippen molar-refractivity contribution in [3.8, 4) is 5.75 Å². The summed E-state index contributed by atoms with van der Waals surface area (Å²) in [6.07, 6.45) is 0. The van der Waals surface area contributed by atoms with Crippen LogP contribution in [0.3, 0.4) is 0 Å². The first-order valence-electron chi connectivity index (χ1n) is 6.67. The van der Waals surface area contributed by atoms with Gasteiger partial charge in [-0.05, 0) is 24.3 Å². The molecule has 118 valence electrons. The summed E-state index contributed by atoms with van der Waals surface area (Å²) in [6.45, 7) is 0. The molecular formula is C16H12F2N2O2S. The van der Waals surface area contributed by atoms with Crippen molar-refractivity contribution in [2.24, 2.45) is 12.0 Å². The lowest BCUT2D eigenvalue weighted by Gasteiger charge is -2.00. The minimum absolute atomic E-state index is 0.216. The van der Waals surface area contributed by atoms with E-state index in [2.05, 4.69) is 4.99 Å². The van der Waals surface area contributed by atoms with Crippen molar-refractivity contribution in [2.75, 3.05) is 7.11 Å². The van der Waals surface area contributed by atoms with Crippen LogP contribution in [0.2, 0.25) is 0 Å². The molecule has 0 bridgehead atoms. The van der Waals surface area contributed by atoms with E-state index in [4.69, 9.17) is 4.74 Å². The topological polar surface area (TPSA) is 43.6 Å². The van der Waals surface area contributed by atoms with Gasteiger partial charge in [-0.3, -0.25) is 4.79 Å². The fourth-order valence-corrected chi connectivity index (χ4v) is 3.27. The van der Waals surface area contributed by atoms with Gasteiger partial charge in [0.25, 0.3) is 5.91 Å². The van der Waals surface area contributed by atoms with Crippen molar-refractivity contribution in [3.05, 3.63) is 58.4 Å². The highest BCUT2D eigenvalue weighted by atomic mass is 32.1. The van der Waals surface area contributed by atoms with Gasteiger partial charge in [0.1, 0.15) is 11.6 Å². The lowest BCUT2D eigenvalue weighted by atomic mass is 10.2. The largest absolute Gasteiger partial charge is 0.497 e. The number of thiazole rings is 1. The van der Waals surface area contributed by atoms with Crippen molar-refractivity contribution in [1.29, 1.82) is 0 Å². The van der Waals surface area contributed by atoms with Crippen molar-refractivity contribution in [2.45, 2.75) is 0 Å². The van der Waals surface area contributed by atoms with Crippen LogP contribution in [-0.2, 0) is 7.05 Å². The molecule has 4 nitrogen and oxygen atoms in total. The molecule has 0 atom stereocenters. The number of amides is 1. The summed E-state index contributed by atoms with van der Waals surface area (Å²) in [5.41, 5.74) is 0.571. The number of aryl methyl sites for hydroxylation is 1. The number of carbonyl (C=O) groups is 1. The van der Waals surface area contributed by atoms with Gasteiger partial charge in [0, 0.05) is 18.7 Å². The Balaban J connectivity index is 2.12. The van der Waals surface area contributed by atoms with Crippen molar-refractivity contribution in [3.63, 3.8) is 0 Å². The first kappa shape index (κ1) is 15.4. The predicted molar refractivity (Wildman–Crippen MR) is 83.6 cm³/mol. The number of ether oxygens (including phenoxy) is 1. The normalized spacial score (nSPS) is 11.9. The Morgan fingerprint density at radius 3 is 2.78 bits per heavy atom. The van der Waals surface area contributed by atoms with Gasteiger partial charge in [-0.1, -0.05) is 17.4 Å². The Morgan fingerprint density at radius 2 is 2.04 bits per heavy atom. The number of rotatable bonds is 2. The smallest absolute Gasteiger partial charge is 0.279 e. The van der Waals surface area contributed by atoms with Gasteiger partial charge in [0.2, 0.25) is 0 Å². The molecule has 0 fully saturated rings. The first-order chi connectivity index (χ1) is 11.0. The van der Waals surface area contributed by atoms with Gasteiger partial charge in [0.05, 0.1) is 17.3 Å². The van der Waals surface area contributed by atoms with E-state index < -0.39 is 17.5 Å². The lowest BCUT2D eigenvalue weighted by molar-refractivity contribution is 0.0997. The summed E-state index contributed by atoms with van der Waals surface area (Å²) in [6, 6.07) is 8.61. The van der Waals surface area contributed by atoms with E-state index in [1.165, 1.54) is 17.7 Å². The molecule has 0 N–H and O–H groups in total. The molecule has 0 radical (unpaired) electrons. The van der Waals surface area contributed by atoms with Crippen LogP contribution >= 0.6 is 11.3 Å². The van der Waals surface area contributed by atoms with Crippen LogP contribution in [0.5, 0.6) is 5.75 Å². The zero-order valence-corrected chi connectivity index (χ0v) is 13.2. The highest BCUT2D eigenvalue weighted by Crippen LogP contribution is 2.21. The molecule has 0 aliphatic carbocycles. The van der Waals surface area contributed by atoms with E-state index in [1.54, 1.807) is 31.3 Å². The van der Waals surface area contributed by atoms with Crippen molar-refractivity contribution in [1.82, 2.24) is 4.57 Å². The number of hydrogen-bond donors (Lipinski definition) is 0. The average Bonchev–Trinajstić information content (AvgIpc) is 2.83. The number of fused-ring (bicyclic) bond motifs is 1. The fraction of sp³-hybridized carbons (Fsp3) is 0.125. The summed E-state index contributed by atoms with van der Waals surface area (Å²) in [4.78, 5) is 16.6. The van der Waals surface area contributed by atoms with E-state index in [-0.39, 0.29) is 10.3 Å². The minimum atomic E-state index is -0.686. The second-order valence-corrected chi connectivity index (χ2v) is 5.84. The number of benzene rings is 2. The third-order valence-corrected chi connectivity index (χ3v) is 4.41. The quantitative estimate of drug-likeness (QED) is 0.722. The zero-order chi connectivity index (χ0) is 16.6. The fourth-order valence-electron chi connectivity index (χ4n) is 2.21. The number of halogens is 2. The van der Waals surface area contributed by atoms with E-state index in [1.807, 2.05) is 0 Å². The standard InChI is InChI=1S/C16H12F2N2O2S/c1-20-14-12(18)7-10(17)8-13(14)23-16(20)19-15(21)9-4-3-5-11(6-9)22-2/h3-8H,1-2H3. The Kier molecular flexibility index (Phi) is 3.96. The second-order valence-electron chi connectivity index (χ2n) is 4.83. The molecular weight excluding hydrogens is 322 g/mol. The molecule has 2 aromatic carbocycles. The highest BCUT2D eigenvalue weighted by Gasteiger charge is 2.12. The monoisotopic (exact) mass is 334 g/mol. The van der Waals surface area contributed by atoms with Crippen molar-refractivity contribution >= 4 is 27.5 Å². The van der Waals surface area contributed by atoms with Gasteiger partial charge in [-0.25, -0.2) is 8.78 Å². The molecule has 7 heteroatoms. The molecule has 0 aliphatic heterocycles. The van der Waals surface area contributed by atoms with Crippen LogP contribution in [-0.4, -0.2) is 17.6 Å². The molecule has 0 unspecified atom stereocenters. The Labute approximate surface area is 134 Å². The Bertz CT molecular complexity index is 976. The number of aromatic nitrogens is 1. The number of nitrogens with zero attached hydrogens (tertiary/aromatic N) is 2. The molecule has 0 aliphatic rings. The molecule has 3 rings (SSSR count). The highest BCUT2D eigenvalue weighted by molar-refractivity contribution is 7.16. The SMILES string of the molecule is COc1cccc(C(=O)N=c2sc3cc(F)cc(F)c3n2C)c1. The van der Waals surface area contributed by atoms with E-state index in [0.29, 0.717) is 16.0 Å². The van der Waals surface area contributed by atoms with Crippen LogP contribution < -0.4 is 9.54 Å². The van der Waals surface area contributed by atoms with Gasteiger partial charge in [-0.15, -0.1) is 0 Å². The molecule has 3 aromatic rings. The van der Waals surface area contributed by atoms with Gasteiger partial charge < -0.3 is 9.30 Å². The van der Waals surface area contributed by atoms with Crippen LogP contribution in [0.15, 0.2) is 41.4 Å². The molecule has 1 aromatic heterocycles. The Morgan fingerprint density at radius 1 is 1.26 bits per heavy atom. The average molecular weight is 334 g/mol. The zero-order valence-electron chi connectivity index (χ0n) is 12.3. The van der Waals surface area contributed by atoms with Crippen LogP contribution in [0.4, 0.5) is 8.78 Å². The maximum atomic E-state index is 13.9. The van der Waals surface area contributed by atoms with Crippen LogP contribution in [0.25, 0.3) is 10.2 Å². The molecule has 23 heavy (non-hydrogen) atoms. The predicted octanol–water partition coefficient (Wildman–Crippen LogP) is 3.27. The maximum absolute atomic E-state index is 13.9. The lowest BCUT2D eigenvalue weighted by Crippen LogP contribution is -2.13. The van der Waals surface area contributed by atoms with Gasteiger partial charge in [0.15, 0.2) is 10.6 Å². The minimum Gasteiger partial charge on any atom is -0.497 e. The van der Waals surface area contributed by atoms with E-state index in [0.717, 1.165) is 17.4 Å². The van der Waals surface area contributed by atoms with E-state index in [9.17, 15) is 13.6 Å². The third-order valence-electron chi connectivity index (χ3n) is 3.33. The molecule has 0 saturated carbocycles. The summed E-state index contributed by atoms with van der Waals surface area (Å²) in [7, 11) is 3.08. The third kappa shape index (κ3) is 2.87. The maximum Gasteiger partial charge on any atom is 0.279 e.